The number of aromatic nitrogens is 2. The van der Waals surface area contributed by atoms with Gasteiger partial charge < -0.3 is 14.1 Å². The van der Waals surface area contributed by atoms with Crippen LogP contribution in [0.4, 0.5) is 0 Å². The van der Waals surface area contributed by atoms with Crippen molar-refractivity contribution in [2.24, 2.45) is 0 Å². The van der Waals surface area contributed by atoms with Gasteiger partial charge in [-0.1, -0.05) is 6.07 Å². The third-order valence-corrected chi connectivity index (χ3v) is 5.97. The van der Waals surface area contributed by atoms with Gasteiger partial charge in [-0.15, -0.1) is 11.3 Å². The summed E-state index contributed by atoms with van der Waals surface area (Å²) in [6.07, 6.45) is 2.74. The quantitative estimate of drug-likeness (QED) is 0.562. The molecule has 1 aliphatic rings. The van der Waals surface area contributed by atoms with E-state index in [0.29, 0.717) is 18.8 Å². The Morgan fingerprint density at radius 3 is 2.87 bits per heavy atom. The van der Waals surface area contributed by atoms with Crippen molar-refractivity contribution in [2.45, 2.75) is 19.5 Å². The van der Waals surface area contributed by atoms with E-state index in [4.69, 9.17) is 4.42 Å². The molecule has 4 rings (SSSR count). The fourth-order valence-corrected chi connectivity index (χ4v) is 4.21. The van der Waals surface area contributed by atoms with Crippen LogP contribution >= 0.6 is 11.3 Å². The molecule has 158 valence electrons. The second-order valence-electron chi connectivity index (χ2n) is 7.14. The highest BCUT2D eigenvalue weighted by molar-refractivity contribution is 7.13. The Kier molecular flexibility index (Phi) is 6.29. The lowest BCUT2D eigenvalue weighted by atomic mass is 10.3. The largest absolute Gasteiger partial charge is 0.463 e. The lowest BCUT2D eigenvalue weighted by Gasteiger charge is -2.21. The van der Waals surface area contributed by atoms with E-state index in [0.717, 1.165) is 36.6 Å². The Morgan fingerprint density at radius 2 is 2.07 bits per heavy atom. The number of ether oxygens (including phenoxy) is 1. The van der Waals surface area contributed by atoms with Gasteiger partial charge in [-0.2, -0.15) is 5.10 Å². The van der Waals surface area contributed by atoms with Gasteiger partial charge in [-0.05, 0) is 36.1 Å². The van der Waals surface area contributed by atoms with Crippen LogP contribution in [0.2, 0.25) is 0 Å². The van der Waals surface area contributed by atoms with Gasteiger partial charge in [-0.25, -0.2) is 4.79 Å². The van der Waals surface area contributed by atoms with Gasteiger partial charge in [0.1, 0.15) is 18.0 Å². The SMILES string of the molecule is COC(=O)c1ccc(CN2CCCN(C(=O)Cn3ccc(-c4cccs4)n3)CC2)o1. The van der Waals surface area contributed by atoms with Gasteiger partial charge in [0.25, 0.3) is 0 Å². The zero-order chi connectivity index (χ0) is 20.9. The summed E-state index contributed by atoms with van der Waals surface area (Å²) in [5, 5.41) is 6.54. The predicted molar refractivity (Wildman–Crippen MR) is 112 cm³/mol. The van der Waals surface area contributed by atoms with Crippen LogP contribution in [0.15, 0.2) is 46.3 Å². The van der Waals surface area contributed by atoms with E-state index in [1.165, 1.54) is 7.11 Å². The molecule has 0 atom stereocenters. The molecule has 0 unspecified atom stereocenters. The highest BCUT2D eigenvalue weighted by atomic mass is 32.1. The van der Waals surface area contributed by atoms with Crippen LogP contribution in [0.1, 0.15) is 22.7 Å². The summed E-state index contributed by atoms with van der Waals surface area (Å²) < 4.78 is 11.9. The van der Waals surface area contributed by atoms with E-state index in [2.05, 4.69) is 14.7 Å². The molecule has 1 saturated heterocycles. The minimum Gasteiger partial charge on any atom is -0.463 e. The Labute approximate surface area is 178 Å². The molecule has 0 N–H and O–H groups in total. The maximum atomic E-state index is 12.8. The summed E-state index contributed by atoms with van der Waals surface area (Å²) in [6.45, 7) is 3.83. The molecule has 1 amide bonds. The molecular weight excluding hydrogens is 404 g/mol. The third-order valence-electron chi connectivity index (χ3n) is 5.08. The Hall–Kier alpha value is -2.91. The van der Waals surface area contributed by atoms with Crippen molar-refractivity contribution >= 4 is 23.2 Å². The summed E-state index contributed by atoms with van der Waals surface area (Å²) in [5.74, 6) is 0.520. The van der Waals surface area contributed by atoms with Crippen LogP contribution in [-0.2, 0) is 22.6 Å². The molecule has 3 aromatic heterocycles. The summed E-state index contributed by atoms with van der Waals surface area (Å²) >= 11 is 1.63. The van der Waals surface area contributed by atoms with Gasteiger partial charge >= 0.3 is 5.97 Å². The zero-order valence-electron chi connectivity index (χ0n) is 16.8. The molecule has 0 aromatic carbocycles. The van der Waals surface area contributed by atoms with Crippen molar-refractivity contribution in [2.75, 3.05) is 33.3 Å². The number of carbonyl (C=O) groups is 2. The number of nitrogens with zero attached hydrogens (tertiary/aromatic N) is 4. The van der Waals surface area contributed by atoms with Crippen LogP contribution in [0.5, 0.6) is 0 Å². The molecule has 1 aliphatic heterocycles. The lowest BCUT2D eigenvalue weighted by Crippen LogP contribution is -2.37. The standard InChI is InChI=1S/C21H24N4O4S/c1-28-21(27)18-6-5-16(29-18)14-23-8-3-9-24(12-11-23)20(26)15-25-10-7-17(22-25)19-4-2-13-30-19/h2,4-7,10,13H,3,8-9,11-12,14-15H2,1H3. The number of hydrogen-bond acceptors (Lipinski definition) is 7. The highest BCUT2D eigenvalue weighted by Gasteiger charge is 2.21. The predicted octanol–water partition coefficient (Wildman–Crippen LogP) is 2.73. The fourth-order valence-electron chi connectivity index (χ4n) is 3.52. The molecule has 0 aliphatic carbocycles. The van der Waals surface area contributed by atoms with Gasteiger partial charge in [0.2, 0.25) is 11.7 Å². The molecule has 0 bridgehead atoms. The van der Waals surface area contributed by atoms with E-state index in [9.17, 15) is 9.59 Å². The van der Waals surface area contributed by atoms with Gasteiger partial charge in [0.05, 0.1) is 18.5 Å². The summed E-state index contributed by atoms with van der Waals surface area (Å²) in [7, 11) is 1.33. The number of carbonyl (C=O) groups excluding carboxylic acids is 2. The summed E-state index contributed by atoms with van der Waals surface area (Å²) in [6, 6.07) is 9.38. The van der Waals surface area contributed by atoms with Gasteiger partial charge in [0.15, 0.2) is 0 Å². The first kappa shape index (κ1) is 20.4. The van der Waals surface area contributed by atoms with E-state index < -0.39 is 5.97 Å². The molecular formula is C21H24N4O4S. The van der Waals surface area contributed by atoms with E-state index in [1.807, 2.05) is 34.7 Å². The first-order chi connectivity index (χ1) is 14.6. The highest BCUT2D eigenvalue weighted by Crippen LogP contribution is 2.22. The Morgan fingerprint density at radius 1 is 1.17 bits per heavy atom. The zero-order valence-corrected chi connectivity index (χ0v) is 17.6. The van der Waals surface area contributed by atoms with Crippen molar-refractivity contribution in [1.82, 2.24) is 19.6 Å². The molecule has 0 saturated carbocycles. The minimum absolute atomic E-state index is 0.0728. The lowest BCUT2D eigenvalue weighted by molar-refractivity contribution is -0.131. The molecule has 9 heteroatoms. The van der Waals surface area contributed by atoms with Crippen LogP contribution < -0.4 is 0 Å². The average molecular weight is 429 g/mol. The molecule has 0 radical (unpaired) electrons. The summed E-state index contributed by atoms with van der Waals surface area (Å²) in [4.78, 5) is 29.5. The molecule has 4 heterocycles. The fraction of sp³-hybridized carbons (Fsp3) is 0.381. The third kappa shape index (κ3) is 4.80. The second-order valence-corrected chi connectivity index (χ2v) is 8.09. The van der Waals surface area contributed by atoms with Crippen molar-refractivity contribution in [3.8, 4) is 10.6 Å². The van der Waals surface area contributed by atoms with Crippen molar-refractivity contribution in [3.05, 3.63) is 53.4 Å². The topological polar surface area (TPSA) is 80.8 Å². The van der Waals surface area contributed by atoms with E-state index in [1.54, 1.807) is 28.2 Å². The van der Waals surface area contributed by atoms with E-state index >= 15 is 0 Å². The molecule has 1 fully saturated rings. The van der Waals surface area contributed by atoms with E-state index in [-0.39, 0.29) is 18.2 Å². The van der Waals surface area contributed by atoms with Crippen molar-refractivity contribution in [3.63, 3.8) is 0 Å². The number of amides is 1. The van der Waals surface area contributed by atoms with Crippen LogP contribution in [-0.4, -0.2) is 64.7 Å². The number of furan rings is 1. The normalized spacial score (nSPS) is 15.2. The molecule has 3 aromatic rings. The smallest absolute Gasteiger partial charge is 0.373 e. The van der Waals surface area contributed by atoms with Crippen LogP contribution in [0, 0.1) is 0 Å². The Balaban J connectivity index is 1.30. The van der Waals surface area contributed by atoms with Gasteiger partial charge in [0, 0.05) is 32.4 Å². The molecule has 0 spiro atoms. The number of thiophene rings is 1. The van der Waals surface area contributed by atoms with Crippen LogP contribution in [0.25, 0.3) is 10.6 Å². The first-order valence-corrected chi connectivity index (χ1v) is 10.7. The maximum Gasteiger partial charge on any atom is 0.373 e. The van der Waals surface area contributed by atoms with Crippen LogP contribution in [0.3, 0.4) is 0 Å². The minimum atomic E-state index is -0.477. The molecule has 30 heavy (non-hydrogen) atoms. The average Bonchev–Trinajstić information content (AvgIpc) is 3.48. The monoisotopic (exact) mass is 428 g/mol. The Bertz CT molecular complexity index is 995. The number of rotatable bonds is 6. The maximum absolute atomic E-state index is 12.8. The number of esters is 1. The van der Waals surface area contributed by atoms with Crippen molar-refractivity contribution < 1.29 is 18.7 Å². The van der Waals surface area contributed by atoms with Gasteiger partial charge in [-0.3, -0.25) is 14.4 Å². The number of methoxy groups -OCH3 is 1. The second kappa shape index (κ2) is 9.27. The number of hydrogen-bond donors (Lipinski definition) is 0. The molecule has 8 nitrogen and oxygen atoms in total. The first-order valence-electron chi connectivity index (χ1n) is 9.87. The summed E-state index contributed by atoms with van der Waals surface area (Å²) in [5.41, 5.74) is 0.893. The van der Waals surface area contributed by atoms with Crippen molar-refractivity contribution in [1.29, 1.82) is 0 Å².